The number of benzene rings is 1. The normalized spacial score (nSPS) is 10.5. The second-order valence-electron chi connectivity index (χ2n) is 3.80. The van der Waals surface area contributed by atoms with Crippen molar-refractivity contribution in [1.29, 1.82) is 0 Å². The lowest BCUT2D eigenvalue weighted by Crippen LogP contribution is -2.05. The number of nitrogens with two attached hydrogens (primary N) is 1. The fourth-order valence-electron chi connectivity index (χ4n) is 1.76. The number of anilines is 1. The van der Waals surface area contributed by atoms with E-state index in [1.165, 1.54) is 5.56 Å². The molecule has 90 valence electrons. The van der Waals surface area contributed by atoms with Crippen LogP contribution in [0.2, 0.25) is 0 Å². The van der Waals surface area contributed by atoms with Crippen LogP contribution < -0.4 is 10.5 Å². The second-order valence-corrected chi connectivity index (χ2v) is 3.80. The molecule has 5 nitrogen and oxygen atoms in total. The van der Waals surface area contributed by atoms with E-state index < -0.39 is 0 Å². The number of hydrogen-bond donors (Lipinski definition) is 1. The van der Waals surface area contributed by atoms with Gasteiger partial charge < -0.3 is 10.5 Å². The molecule has 0 amide bonds. The van der Waals surface area contributed by atoms with Crippen molar-refractivity contribution in [3.05, 3.63) is 35.5 Å². The first-order valence-electron chi connectivity index (χ1n) is 5.54. The fourth-order valence-corrected chi connectivity index (χ4v) is 1.76. The Balaban J connectivity index is 2.22. The lowest BCUT2D eigenvalue weighted by molar-refractivity contribution is 0.410. The van der Waals surface area contributed by atoms with E-state index >= 15 is 0 Å². The maximum absolute atomic E-state index is 5.52. The molecule has 17 heavy (non-hydrogen) atoms. The lowest BCUT2D eigenvalue weighted by Gasteiger charge is -2.08. The Morgan fingerprint density at radius 1 is 1.41 bits per heavy atom. The van der Waals surface area contributed by atoms with E-state index in [1.807, 2.05) is 12.1 Å². The van der Waals surface area contributed by atoms with E-state index in [2.05, 4.69) is 23.2 Å². The van der Waals surface area contributed by atoms with Gasteiger partial charge in [0.15, 0.2) is 5.82 Å². The minimum Gasteiger partial charge on any atom is -0.496 e. The van der Waals surface area contributed by atoms with Crippen LogP contribution in [0, 0.1) is 0 Å². The fraction of sp³-hybridized carbons (Fsp3) is 0.333. The average Bonchev–Trinajstić information content (AvgIpc) is 2.74. The molecule has 2 N–H and O–H groups in total. The summed E-state index contributed by atoms with van der Waals surface area (Å²) < 4.78 is 5.29. The molecule has 0 bridgehead atoms. The quantitative estimate of drug-likeness (QED) is 0.867. The number of hydrogen-bond acceptors (Lipinski definition) is 4. The van der Waals surface area contributed by atoms with Gasteiger partial charge in [0.2, 0.25) is 0 Å². The van der Waals surface area contributed by atoms with Crippen molar-refractivity contribution < 1.29 is 4.74 Å². The number of nitrogen functional groups attached to an aromatic ring is 1. The third kappa shape index (κ3) is 2.55. The highest BCUT2D eigenvalue weighted by Gasteiger charge is 2.04. The van der Waals surface area contributed by atoms with Crippen molar-refractivity contribution in [3.8, 4) is 5.75 Å². The molecule has 2 rings (SSSR count). The summed E-state index contributed by atoms with van der Waals surface area (Å²) in [4.78, 5) is 1.58. The predicted octanol–water partition coefficient (Wildman–Crippen LogP) is 1.48. The SMILES string of the molecule is CCc1cc(Cn2ncc(N)n2)ccc1OC. The van der Waals surface area contributed by atoms with Gasteiger partial charge in [-0.2, -0.15) is 9.90 Å². The average molecular weight is 232 g/mol. The standard InChI is InChI=1S/C12H16N4O/c1-3-10-6-9(4-5-11(10)17-2)8-16-14-7-12(13)15-16/h4-7H,3,8H2,1-2H3,(H2,13,15). The van der Waals surface area contributed by atoms with Crippen molar-refractivity contribution in [2.45, 2.75) is 19.9 Å². The van der Waals surface area contributed by atoms with Gasteiger partial charge in [-0.15, -0.1) is 5.10 Å². The number of rotatable bonds is 4. The van der Waals surface area contributed by atoms with E-state index in [9.17, 15) is 0 Å². The van der Waals surface area contributed by atoms with Crippen LogP contribution in [0.5, 0.6) is 5.75 Å². The van der Waals surface area contributed by atoms with E-state index in [0.717, 1.165) is 17.7 Å². The van der Waals surface area contributed by atoms with Gasteiger partial charge in [-0.25, -0.2) is 0 Å². The highest BCUT2D eigenvalue weighted by atomic mass is 16.5. The molecule has 0 atom stereocenters. The van der Waals surface area contributed by atoms with Crippen LogP contribution in [-0.2, 0) is 13.0 Å². The highest BCUT2D eigenvalue weighted by molar-refractivity contribution is 5.37. The van der Waals surface area contributed by atoms with Crippen LogP contribution in [-0.4, -0.2) is 22.1 Å². The first kappa shape index (κ1) is 11.4. The van der Waals surface area contributed by atoms with E-state index in [4.69, 9.17) is 10.5 Å². The summed E-state index contributed by atoms with van der Waals surface area (Å²) in [5.74, 6) is 1.36. The maximum atomic E-state index is 5.52. The topological polar surface area (TPSA) is 66.0 Å². The first-order chi connectivity index (χ1) is 8.22. The van der Waals surface area contributed by atoms with Crippen molar-refractivity contribution in [2.75, 3.05) is 12.8 Å². The molecular weight excluding hydrogens is 216 g/mol. The summed E-state index contributed by atoms with van der Waals surface area (Å²) >= 11 is 0. The molecule has 0 spiro atoms. The van der Waals surface area contributed by atoms with Crippen LogP contribution in [0.25, 0.3) is 0 Å². The monoisotopic (exact) mass is 232 g/mol. The number of ether oxygens (including phenoxy) is 1. The minimum absolute atomic E-state index is 0.439. The number of methoxy groups -OCH3 is 1. The molecule has 0 fully saturated rings. The Bertz CT molecular complexity index is 507. The van der Waals surface area contributed by atoms with Crippen molar-refractivity contribution in [1.82, 2.24) is 15.0 Å². The number of nitrogens with zero attached hydrogens (tertiary/aromatic N) is 3. The zero-order valence-electron chi connectivity index (χ0n) is 10.1. The Morgan fingerprint density at radius 2 is 2.24 bits per heavy atom. The maximum Gasteiger partial charge on any atom is 0.165 e. The Morgan fingerprint density at radius 3 is 2.82 bits per heavy atom. The van der Waals surface area contributed by atoms with Crippen LogP contribution in [0.4, 0.5) is 5.82 Å². The minimum atomic E-state index is 0.439. The molecule has 0 aliphatic rings. The summed E-state index contributed by atoms with van der Waals surface area (Å²) in [5, 5.41) is 8.11. The molecule has 0 aliphatic carbocycles. The highest BCUT2D eigenvalue weighted by Crippen LogP contribution is 2.20. The summed E-state index contributed by atoms with van der Waals surface area (Å²) in [6.07, 6.45) is 2.48. The third-order valence-electron chi connectivity index (χ3n) is 2.60. The molecule has 0 saturated heterocycles. The molecule has 0 saturated carbocycles. The van der Waals surface area contributed by atoms with E-state index in [-0.39, 0.29) is 0 Å². The Hall–Kier alpha value is -2.04. The molecule has 0 aliphatic heterocycles. The largest absolute Gasteiger partial charge is 0.496 e. The summed E-state index contributed by atoms with van der Waals surface area (Å²) in [7, 11) is 1.68. The first-order valence-corrected chi connectivity index (χ1v) is 5.54. The van der Waals surface area contributed by atoms with Gasteiger partial charge in [-0.05, 0) is 23.6 Å². The third-order valence-corrected chi connectivity index (χ3v) is 2.60. The second kappa shape index (κ2) is 4.86. The lowest BCUT2D eigenvalue weighted by atomic mass is 10.1. The molecule has 2 aromatic rings. The van der Waals surface area contributed by atoms with Crippen molar-refractivity contribution in [2.24, 2.45) is 0 Å². The number of aryl methyl sites for hydroxylation is 1. The number of aromatic nitrogens is 3. The van der Waals surface area contributed by atoms with Crippen LogP contribution >= 0.6 is 0 Å². The van der Waals surface area contributed by atoms with Crippen LogP contribution in [0.15, 0.2) is 24.4 Å². The zero-order valence-corrected chi connectivity index (χ0v) is 10.1. The van der Waals surface area contributed by atoms with Gasteiger partial charge in [-0.3, -0.25) is 0 Å². The Kier molecular flexibility index (Phi) is 3.27. The van der Waals surface area contributed by atoms with Crippen molar-refractivity contribution >= 4 is 5.82 Å². The Labute approximate surface area is 100 Å². The zero-order chi connectivity index (χ0) is 12.3. The van der Waals surface area contributed by atoms with Gasteiger partial charge in [0.05, 0.1) is 19.9 Å². The predicted molar refractivity (Wildman–Crippen MR) is 65.9 cm³/mol. The van der Waals surface area contributed by atoms with Gasteiger partial charge >= 0.3 is 0 Å². The van der Waals surface area contributed by atoms with Crippen LogP contribution in [0.1, 0.15) is 18.1 Å². The van der Waals surface area contributed by atoms with E-state index in [0.29, 0.717) is 12.4 Å². The van der Waals surface area contributed by atoms with Crippen molar-refractivity contribution in [3.63, 3.8) is 0 Å². The summed E-state index contributed by atoms with van der Waals surface area (Å²) in [6.45, 7) is 2.72. The molecule has 0 unspecified atom stereocenters. The van der Waals surface area contributed by atoms with Gasteiger partial charge in [-0.1, -0.05) is 19.1 Å². The molecule has 1 aromatic carbocycles. The van der Waals surface area contributed by atoms with Gasteiger partial charge in [0, 0.05) is 0 Å². The summed E-state index contributed by atoms with van der Waals surface area (Å²) in [6, 6.07) is 6.09. The molecule has 1 aromatic heterocycles. The smallest absolute Gasteiger partial charge is 0.165 e. The molecule has 5 heteroatoms. The van der Waals surface area contributed by atoms with Gasteiger partial charge in [0.25, 0.3) is 0 Å². The summed E-state index contributed by atoms with van der Waals surface area (Å²) in [5.41, 5.74) is 7.84. The van der Waals surface area contributed by atoms with Crippen LogP contribution in [0.3, 0.4) is 0 Å². The molecular formula is C12H16N4O. The van der Waals surface area contributed by atoms with E-state index in [1.54, 1.807) is 18.1 Å². The molecule has 0 radical (unpaired) electrons. The molecule has 1 heterocycles. The van der Waals surface area contributed by atoms with Gasteiger partial charge in [0.1, 0.15) is 5.75 Å².